The number of aromatic nitrogens is 1. The minimum Gasteiger partial charge on any atom is -0.397 e. The number of nitrogens with two attached hydrogens (primary N) is 1. The molecule has 0 saturated heterocycles. The highest BCUT2D eigenvalue weighted by molar-refractivity contribution is 9.10. The number of hydrogen-bond acceptors (Lipinski definition) is 4. The van der Waals surface area contributed by atoms with Crippen LogP contribution in [0.15, 0.2) is 34.4 Å². The predicted octanol–water partition coefficient (Wildman–Crippen LogP) is 2.74. The lowest BCUT2D eigenvalue weighted by Crippen LogP contribution is -2.11. The van der Waals surface area contributed by atoms with Gasteiger partial charge in [0, 0.05) is 0 Å². The van der Waals surface area contributed by atoms with E-state index in [-0.39, 0.29) is 5.91 Å². The fourth-order valence-electron chi connectivity index (χ4n) is 1.14. The van der Waals surface area contributed by atoms with Crippen molar-refractivity contribution in [3.63, 3.8) is 0 Å². The monoisotopic (exact) mass is 297 g/mol. The lowest BCUT2D eigenvalue weighted by molar-refractivity contribution is 0.103. The smallest absolute Gasteiger partial charge is 0.267 e. The Balaban J connectivity index is 2.14. The zero-order chi connectivity index (χ0) is 11.5. The summed E-state index contributed by atoms with van der Waals surface area (Å²) in [6.45, 7) is 0. The van der Waals surface area contributed by atoms with E-state index in [1.54, 1.807) is 29.8 Å². The van der Waals surface area contributed by atoms with Crippen LogP contribution in [0.1, 0.15) is 9.67 Å². The Morgan fingerprint density at radius 1 is 1.44 bits per heavy atom. The van der Waals surface area contributed by atoms with Crippen molar-refractivity contribution in [3.8, 4) is 0 Å². The summed E-state index contributed by atoms with van der Waals surface area (Å²) in [5, 5.41) is 4.50. The molecule has 0 spiro atoms. The van der Waals surface area contributed by atoms with Crippen LogP contribution >= 0.6 is 27.3 Å². The number of pyridine rings is 1. The number of nitrogens with one attached hydrogen (secondary N) is 1. The number of thiophene rings is 1. The zero-order valence-corrected chi connectivity index (χ0v) is 10.5. The second-order valence-corrected chi connectivity index (χ2v) is 4.76. The van der Waals surface area contributed by atoms with E-state index in [9.17, 15) is 4.79 Å². The minimum absolute atomic E-state index is 0.211. The molecule has 2 heterocycles. The standard InChI is InChI=1S/C10H8BrN3OS/c11-8-2-1-6(5-13-8)14-10(15)9-7(12)3-4-16-9/h1-5H,12H2,(H,14,15). The normalized spacial score (nSPS) is 10.1. The number of nitrogens with zero attached hydrogens (tertiary/aromatic N) is 1. The van der Waals surface area contributed by atoms with Gasteiger partial charge in [0.25, 0.3) is 5.91 Å². The third-order valence-corrected chi connectivity index (χ3v) is 3.29. The molecule has 0 bridgehead atoms. The fourth-order valence-corrected chi connectivity index (χ4v) is 2.09. The van der Waals surface area contributed by atoms with Crippen molar-refractivity contribution < 1.29 is 4.79 Å². The summed E-state index contributed by atoms with van der Waals surface area (Å²) >= 11 is 4.53. The highest BCUT2D eigenvalue weighted by Crippen LogP contribution is 2.20. The molecule has 1 amide bonds. The molecule has 2 aromatic rings. The Kier molecular flexibility index (Phi) is 3.21. The molecule has 0 saturated carbocycles. The first-order chi connectivity index (χ1) is 7.66. The summed E-state index contributed by atoms with van der Waals surface area (Å²) in [5.74, 6) is -0.211. The maximum absolute atomic E-state index is 11.8. The van der Waals surface area contributed by atoms with E-state index in [0.29, 0.717) is 16.3 Å². The molecule has 0 unspecified atom stereocenters. The number of nitrogen functional groups attached to an aromatic ring is 1. The van der Waals surface area contributed by atoms with Crippen molar-refractivity contribution in [2.24, 2.45) is 0 Å². The molecule has 0 atom stereocenters. The molecule has 2 rings (SSSR count). The first-order valence-electron chi connectivity index (χ1n) is 4.42. The SMILES string of the molecule is Nc1ccsc1C(=O)Nc1ccc(Br)nc1. The number of carbonyl (C=O) groups excluding carboxylic acids is 1. The molecule has 0 aliphatic carbocycles. The summed E-state index contributed by atoms with van der Waals surface area (Å²) in [7, 11) is 0. The molecule has 0 aliphatic heterocycles. The molecule has 0 fully saturated rings. The highest BCUT2D eigenvalue weighted by atomic mass is 79.9. The van der Waals surface area contributed by atoms with E-state index >= 15 is 0 Å². The van der Waals surface area contributed by atoms with Gasteiger partial charge in [-0.25, -0.2) is 4.98 Å². The number of hydrogen-bond donors (Lipinski definition) is 2. The number of carbonyl (C=O) groups is 1. The summed E-state index contributed by atoms with van der Waals surface area (Å²) in [5.41, 5.74) is 6.78. The van der Waals surface area contributed by atoms with Crippen LogP contribution < -0.4 is 11.1 Å². The van der Waals surface area contributed by atoms with Gasteiger partial charge in [-0.15, -0.1) is 11.3 Å². The Morgan fingerprint density at radius 2 is 2.25 bits per heavy atom. The van der Waals surface area contributed by atoms with Gasteiger partial charge < -0.3 is 11.1 Å². The van der Waals surface area contributed by atoms with Crippen LogP contribution in [0.25, 0.3) is 0 Å². The zero-order valence-electron chi connectivity index (χ0n) is 8.11. The van der Waals surface area contributed by atoms with E-state index in [4.69, 9.17) is 5.73 Å². The molecular formula is C10H8BrN3OS. The molecule has 3 N–H and O–H groups in total. The summed E-state index contributed by atoms with van der Waals surface area (Å²) in [6, 6.07) is 5.23. The lowest BCUT2D eigenvalue weighted by Gasteiger charge is -2.03. The summed E-state index contributed by atoms with van der Waals surface area (Å²) in [4.78, 5) is 16.3. The molecule has 4 nitrogen and oxygen atoms in total. The summed E-state index contributed by atoms with van der Waals surface area (Å²) < 4.78 is 0.723. The molecule has 0 aromatic carbocycles. The third-order valence-electron chi connectivity index (χ3n) is 1.89. The number of halogens is 1. The van der Waals surface area contributed by atoms with Crippen LogP contribution in [0.3, 0.4) is 0 Å². The second-order valence-electron chi connectivity index (χ2n) is 3.03. The van der Waals surface area contributed by atoms with Crippen molar-refractivity contribution in [1.82, 2.24) is 4.98 Å². The third kappa shape index (κ3) is 2.40. The maximum atomic E-state index is 11.8. The predicted molar refractivity (Wildman–Crippen MR) is 68.6 cm³/mol. The van der Waals surface area contributed by atoms with Crippen LogP contribution in [0, 0.1) is 0 Å². The van der Waals surface area contributed by atoms with Gasteiger partial charge in [0.1, 0.15) is 9.48 Å². The van der Waals surface area contributed by atoms with Crippen LogP contribution in [0.5, 0.6) is 0 Å². The quantitative estimate of drug-likeness (QED) is 0.838. The number of anilines is 2. The maximum Gasteiger partial charge on any atom is 0.267 e. The van der Waals surface area contributed by atoms with Crippen molar-refractivity contribution in [1.29, 1.82) is 0 Å². The Morgan fingerprint density at radius 3 is 2.81 bits per heavy atom. The summed E-state index contributed by atoms with van der Waals surface area (Å²) in [6.07, 6.45) is 1.58. The largest absolute Gasteiger partial charge is 0.397 e. The average molecular weight is 298 g/mol. The van der Waals surface area contributed by atoms with Gasteiger partial charge in [-0.05, 0) is 39.5 Å². The molecular weight excluding hydrogens is 290 g/mol. The van der Waals surface area contributed by atoms with Gasteiger partial charge in [0.2, 0.25) is 0 Å². The molecule has 16 heavy (non-hydrogen) atoms. The Hall–Kier alpha value is -1.40. The van der Waals surface area contributed by atoms with Crippen molar-refractivity contribution in [2.45, 2.75) is 0 Å². The first kappa shape index (κ1) is 11.1. The molecule has 6 heteroatoms. The van der Waals surface area contributed by atoms with Crippen molar-refractivity contribution in [3.05, 3.63) is 39.3 Å². The molecule has 0 radical (unpaired) electrons. The highest BCUT2D eigenvalue weighted by Gasteiger charge is 2.11. The van der Waals surface area contributed by atoms with Gasteiger partial charge in [-0.3, -0.25) is 4.79 Å². The molecule has 0 aliphatic rings. The Bertz CT molecular complexity index is 509. The number of rotatable bonds is 2. The van der Waals surface area contributed by atoms with E-state index in [2.05, 4.69) is 26.2 Å². The molecule has 2 aromatic heterocycles. The van der Waals surface area contributed by atoms with Crippen LogP contribution in [0.2, 0.25) is 0 Å². The van der Waals surface area contributed by atoms with E-state index in [0.717, 1.165) is 4.60 Å². The minimum atomic E-state index is -0.211. The van der Waals surface area contributed by atoms with Gasteiger partial charge in [0.15, 0.2) is 0 Å². The topological polar surface area (TPSA) is 68.0 Å². The van der Waals surface area contributed by atoms with Crippen molar-refractivity contribution >= 4 is 44.5 Å². The van der Waals surface area contributed by atoms with Gasteiger partial charge in [-0.1, -0.05) is 0 Å². The van der Waals surface area contributed by atoms with Gasteiger partial charge in [0.05, 0.1) is 17.6 Å². The van der Waals surface area contributed by atoms with E-state index in [1.807, 2.05) is 0 Å². The van der Waals surface area contributed by atoms with Crippen LogP contribution in [0.4, 0.5) is 11.4 Å². The second kappa shape index (κ2) is 4.63. The molecule has 82 valence electrons. The van der Waals surface area contributed by atoms with Crippen LogP contribution in [-0.2, 0) is 0 Å². The Labute approximate surface area is 105 Å². The van der Waals surface area contributed by atoms with Gasteiger partial charge in [-0.2, -0.15) is 0 Å². The lowest BCUT2D eigenvalue weighted by atomic mass is 10.3. The average Bonchev–Trinajstić information content (AvgIpc) is 2.68. The first-order valence-corrected chi connectivity index (χ1v) is 6.10. The van der Waals surface area contributed by atoms with E-state index in [1.165, 1.54) is 11.3 Å². The van der Waals surface area contributed by atoms with Gasteiger partial charge >= 0.3 is 0 Å². The van der Waals surface area contributed by atoms with Crippen LogP contribution in [-0.4, -0.2) is 10.9 Å². The number of amides is 1. The fraction of sp³-hybridized carbons (Fsp3) is 0. The van der Waals surface area contributed by atoms with Crippen molar-refractivity contribution in [2.75, 3.05) is 11.1 Å². The van der Waals surface area contributed by atoms with E-state index < -0.39 is 0 Å².